The summed E-state index contributed by atoms with van der Waals surface area (Å²) in [6, 6.07) is 12.4. The van der Waals surface area contributed by atoms with E-state index in [2.05, 4.69) is 11.9 Å². The largest absolute Gasteiger partial charge is 0.508 e. The van der Waals surface area contributed by atoms with E-state index in [9.17, 15) is 9.50 Å². The fourth-order valence-electron chi connectivity index (χ4n) is 3.01. The van der Waals surface area contributed by atoms with Crippen molar-refractivity contribution in [3.05, 3.63) is 65.0 Å². The Morgan fingerprint density at radius 3 is 2.85 bits per heavy atom. The van der Waals surface area contributed by atoms with Gasteiger partial charge in [0.05, 0.1) is 0 Å². The van der Waals surface area contributed by atoms with Crippen LogP contribution in [0.4, 0.5) is 4.39 Å². The van der Waals surface area contributed by atoms with Crippen LogP contribution in [0.25, 0.3) is 0 Å². The summed E-state index contributed by atoms with van der Waals surface area (Å²) in [5, 5.41) is 9.69. The zero-order valence-corrected chi connectivity index (χ0v) is 11.5. The number of benzene rings is 2. The molecule has 1 atom stereocenters. The van der Waals surface area contributed by atoms with Crippen molar-refractivity contribution in [2.75, 3.05) is 13.6 Å². The van der Waals surface area contributed by atoms with Crippen LogP contribution in [0.15, 0.2) is 42.5 Å². The van der Waals surface area contributed by atoms with Gasteiger partial charge in [0.15, 0.2) is 0 Å². The minimum Gasteiger partial charge on any atom is -0.508 e. The van der Waals surface area contributed by atoms with Crippen LogP contribution in [0.2, 0.25) is 0 Å². The first kappa shape index (κ1) is 13.1. The predicted molar refractivity (Wildman–Crippen MR) is 77.3 cm³/mol. The van der Waals surface area contributed by atoms with E-state index in [0.29, 0.717) is 0 Å². The number of hydrogen-bond acceptors (Lipinski definition) is 2. The van der Waals surface area contributed by atoms with Gasteiger partial charge >= 0.3 is 0 Å². The minimum atomic E-state index is -0.194. The smallest absolute Gasteiger partial charge is 0.123 e. The lowest BCUT2D eigenvalue weighted by molar-refractivity contribution is 0.328. The minimum absolute atomic E-state index is 0.186. The number of phenolic OH excluding ortho intramolecular Hbond substituents is 1. The molecule has 3 rings (SSSR count). The van der Waals surface area contributed by atoms with E-state index in [0.717, 1.165) is 30.6 Å². The molecule has 1 aliphatic heterocycles. The van der Waals surface area contributed by atoms with Gasteiger partial charge in [0, 0.05) is 12.5 Å². The van der Waals surface area contributed by atoms with E-state index in [1.54, 1.807) is 18.2 Å². The molecule has 0 amide bonds. The van der Waals surface area contributed by atoms with Gasteiger partial charge in [-0.05, 0) is 61.0 Å². The lowest BCUT2D eigenvalue weighted by Crippen LogP contribution is -2.17. The molecular formula is C17H18FNO. The molecule has 2 nitrogen and oxygen atoms in total. The van der Waals surface area contributed by atoms with Gasteiger partial charge in [-0.25, -0.2) is 4.39 Å². The molecule has 0 aliphatic carbocycles. The van der Waals surface area contributed by atoms with E-state index >= 15 is 0 Å². The fraction of sp³-hybridized carbons (Fsp3) is 0.294. The summed E-state index contributed by atoms with van der Waals surface area (Å²) in [5.41, 5.74) is 3.32. The second kappa shape index (κ2) is 5.25. The zero-order valence-electron chi connectivity index (χ0n) is 11.5. The SMILES string of the molecule is CN1CC[C@@H](c2cccc(F)c2)c2ccc(O)cc2C1. The van der Waals surface area contributed by atoms with E-state index in [-0.39, 0.29) is 17.5 Å². The van der Waals surface area contributed by atoms with Gasteiger partial charge in [0.1, 0.15) is 11.6 Å². The third-order valence-corrected chi connectivity index (χ3v) is 3.99. The van der Waals surface area contributed by atoms with Crippen LogP contribution in [0.5, 0.6) is 5.75 Å². The first-order chi connectivity index (χ1) is 9.63. The van der Waals surface area contributed by atoms with E-state index in [1.807, 2.05) is 18.2 Å². The van der Waals surface area contributed by atoms with Crippen molar-refractivity contribution in [1.82, 2.24) is 4.90 Å². The number of hydrogen-bond donors (Lipinski definition) is 1. The number of nitrogens with zero attached hydrogens (tertiary/aromatic N) is 1. The third-order valence-electron chi connectivity index (χ3n) is 3.99. The predicted octanol–water partition coefficient (Wildman–Crippen LogP) is 3.50. The summed E-state index contributed by atoms with van der Waals surface area (Å²) in [7, 11) is 2.07. The molecule has 0 bridgehead atoms. The summed E-state index contributed by atoms with van der Waals surface area (Å²) in [6.07, 6.45) is 0.956. The quantitative estimate of drug-likeness (QED) is 0.858. The number of aromatic hydroxyl groups is 1. The second-order valence-corrected chi connectivity index (χ2v) is 5.52. The van der Waals surface area contributed by atoms with Crippen LogP contribution >= 0.6 is 0 Å². The van der Waals surface area contributed by atoms with Crippen molar-refractivity contribution in [3.63, 3.8) is 0 Å². The number of phenols is 1. The molecule has 1 heterocycles. The maximum atomic E-state index is 13.5. The zero-order chi connectivity index (χ0) is 14.1. The molecule has 0 unspecified atom stereocenters. The van der Waals surface area contributed by atoms with Gasteiger partial charge in [-0.2, -0.15) is 0 Å². The van der Waals surface area contributed by atoms with Crippen LogP contribution in [0, 0.1) is 5.82 Å². The molecule has 0 saturated carbocycles. The molecule has 0 aromatic heterocycles. The fourth-order valence-corrected chi connectivity index (χ4v) is 3.01. The van der Waals surface area contributed by atoms with E-state index in [1.165, 1.54) is 11.6 Å². The van der Waals surface area contributed by atoms with Crippen molar-refractivity contribution >= 4 is 0 Å². The van der Waals surface area contributed by atoms with Crippen molar-refractivity contribution in [2.24, 2.45) is 0 Å². The molecule has 1 aliphatic rings. The highest BCUT2D eigenvalue weighted by atomic mass is 19.1. The molecular weight excluding hydrogens is 253 g/mol. The first-order valence-electron chi connectivity index (χ1n) is 6.89. The molecule has 0 fully saturated rings. The Morgan fingerprint density at radius 2 is 2.05 bits per heavy atom. The highest BCUT2D eigenvalue weighted by Crippen LogP contribution is 2.35. The van der Waals surface area contributed by atoms with Gasteiger partial charge in [-0.15, -0.1) is 0 Å². The normalized spacial score (nSPS) is 19.4. The molecule has 0 spiro atoms. The summed E-state index contributed by atoms with van der Waals surface area (Å²) >= 11 is 0. The Morgan fingerprint density at radius 1 is 1.20 bits per heavy atom. The number of halogens is 1. The third kappa shape index (κ3) is 2.54. The summed E-state index contributed by atoms with van der Waals surface area (Å²) in [5.74, 6) is 0.281. The Hall–Kier alpha value is -1.87. The van der Waals surface area contributed by atoms with Crippen molar-refractivity contribution in [2.45, 2.75) is 18.9 Å². The maximum Gasteiger partial charge on any atom is 0.123 e. The van der Waals surface area contributed by atoms with Gasteiger partial charge < -0.3 is 10.0 Å². The molecule has 0 radical (unpaired) electrons. The van der Waals surface area contributed by atoms with Crippen LogP contribution in [-0.2, 0) is 6.54 Å². The van der Waals surface area contributed by atoms with Crippen molar-refractivity contribution in [1.29, 1.82) is 0 Å². The maximum absolute atomic E-state index is 13.5. The molecule has 104 valence electrons. The lowest BCUT2D eigenvalue weighted by Gasteiger charge is -2.18. The molecule has 3 heteroatoms. The van der Waals surface area contributed by atoms with Gasteiger partial charge in [0.25, 0.3) is 0 Å². The molecule has 20 heavy (non-hydrogen) atoms. The highest BCUT2D eigenvalue weighted by Gasteiger charge is 2.22. The second-order valence-electron chi connectivity index (χ2n) is 5.52. The summed E-state index contributed by atoms with van der Waals surface area (Å²) < 4.78 is 13.5. The molecule has 2 aromatic carbocycles. The number of rotatable bonds is 1. The lowest BCUT2D eigenvalue weighted by atomic mass is 9.86. The monoisotopic (exact) mass is 271 g/mol. The van der Waals surface area contributed by atoms with Gasteiger partial charge in [0.2, 0.25) is 0 Å². The highest BCUT2D eigenvalue weighted by molar-refractivity contribution is 5.42. The molecule has 2 aromatic rings. The van der Waals surface area contributed by atoms with E-state index < -0.39 is 0 Å². The summed E-state index contributed by atoms with van der Waals surface area (Å²) in [4.78, 5) is 2.23. The average Bonchev–Trinajstić information content (AvgIpc) is 2.56. The van der Waals surface area contributed by atoms with Crippen LogP contribution in [0.1, 0.15) is 29.0 Å². The van der Waals surface area contributed by atoms with E-state index in [4.69, 9.17) is 0 Å². The van der Waals surface area contributed by atoms with Crippen LogP contribution < -0.4 is 0 Å². The Bertz CT molecular complexity index is 626. The Kier molecular flexibility index (Phi) is 3.45. The van der Waals surface area contributed by atoms with Crippen LogP contribution in [0.3, 0.4) is 0 Å². The molecule has 0 saturated heterocycles. The Labute approximate surface area is 118 Å². The van der Waals surface area contributed by atoms with Gasteiger partial charge in [-0.3, -0.25) is 0 Å². The van der Waals surface area contributed by atoms with Crippen molar-refractivity contribution < 1.29 is 9.50 Å². The first-order valence-corrected chi connectivity index (χ1v) is 6.89. The van der Waals surface area contributed by atoms with Crippen molar-refractivity contribution in [3.8, 4) is 5.75 Å². The topological polar surface area (TPSA) is 23.5 Å². The standard InChI is InChI=1S/C17H18FNO/c1-19-8-7-17(12-3-2-4-14(18)9-12)16-6-5-15(20)10-13(16)11-19/h2-6,9-10,17,20H,7-8,11H2,1H3/t17-/m0/s1. The van der Waals surface area contributed by atoms with Gasteiger partial charge in [-0.1, -0.05) is 18.2 Å². The number of fused-ring (bicyclic) bond motifs is 1. The summed E-state index contributed by atoms with van der Waals surface area (Å²) in [6.45, 7) is 1.77. The Balaban J connectivity index is 2.08. The van der Waals surface area contributed by atoms with Crippen LogP contribution in [-0.4, -0.2) is 23.6 Å². The molecule has 1 N–H and O–H groups in total. The average molecular weight is 271 g/mol.